The highest BCUT2D eigenvalue weighted by Gasteiger charge is 2.29. The van der Waals surface area contributed by atoms with Gasteiger partial charge in [0.05, 0.1) is 50.0 Å². The second kappa shape index (κ2) is 17.5. The number of rotatable bonds is 8. The number of fused-ring (bicyclic) bond motifs is 13. The van der Waals surface area contributed by atoms with Crippen molar-refractivity contribution in [3.05, 3.63) is 255 Å². The van der Waals surface area contributed by atoms with Gasteiger partial charge in [0.2, 0.25) is 0 Å². The van der Waals surface area contributed by atoms with Gasteiger partial charge in [-0.25, -0.2) is 4.98 Å². The minimum absolute atomic E-state index is 0.113. The van der Waals surface area contributed by atoms with E-state index in [9.17, 15) is 0 Å². The van der Waals surface area contributed by atoms with Gasteiger partial charge in [-0.3, -0.25) is 13.7 Å². The van der Waals surface area contributed by atoms with E-state index in [1.807, 2.05) is 12.3 Å². The number of hydrogen-bond acceptors (Lipinski definition) is 2. The fourth-order valence-electron chi connectivity index (χ4n) is 12.3. The van der Waals surface area contributed by atoms with Crippen LogP contribution < -0.4 is 9.30 Å². The average molecular weight is 1010 g/mol. The van der Waals surface area contributed by atoms with Crippen LogP contribution in [0.3, 0.4) is 0 Å². The molecule has 0 spiro atoms. The van der Waals surface area contributed by atoms with Crippen LogP contribution >= 0.6 is 0 Å². The lowest BCUT2D eigenvalue weighted by Crippen LogP contribution is -2.29. The molecule has 78 heavy (non-hydrogen) atoms. The number of aryl methyl sites for hydroxylation is 1. The number of pyridine rings is 1. The molecule has 0 N–H and O–H groups in total. The lowest BCUT2D eigenvalue weighted by Gasteiger charge is -2.20. The van der Waals surface area contributed by atoms with E-state index in [1.54, 1.807) is 0 Å². The molecule has 0 atom stereocenters. The van der Waals surface area contributed by atoms with Crippen LogP contribution in [-0.2, 0) is 12.5 Å². The number of nitrogens with zero attached hydrogens (tertiary/aromatic N) is 6. The zero-order chi connectivity index (χ0) is 52.2. The quantitative estimate of drug-likeness (QED) is 0.112. The molecule has 10 aromatic carbocycles. The molecule has 0 aliphatic heterocycles. The van der Waals surface area contributed by atoms with Crippen molar-refractivity contribution >= 4 is 76.5 Å². The smallest absolute Gasteiger partial charge is 0.269 e. The van der Waals surface area contributed by atoms with Gasteiger partial charge in [0.15, 0.2) is 0 Å². The van der Waals surface area contributed by atoms with E-state index < -0.39 is 0 Å². The van der Waals surface area contributed by atoms with Crippen LogP contribution in [-0.4, -0.2) is 23.3 Å². The first-order valence-corrected chi connectivity index (χ1v) is 26.7. The summed E-state index contributed by atoms with van der Waals surface area (Å²) in [4.78, 5) is 5.23. The van der Waals surface area contributed by atoms with Crippen molar-refractivity contribution in [2.75, 3.05) is 0 Å². The summed E-state index contributed by atoms with van der Waals surface area (Å²) < 4.78 is 18.7. The van der Waals surface area contributed by atoms with Gasteiger partial charge in [0, 0.05) is 62.8 Å². The predicted octanol–water partition coefficient (Wildman–Crippen LogP) is 17.4. The van der Waals surface area contributed by atoms with Crippen LogP contribution in [0.15, 0.2) is 243 Å². The molecule has 5 aromatic heterocycles. The number of aromatic nitrogens is 6. The maximum absolute atomic E-state index is 7.07. The van der Waals surface area contributed by atoms with Crippen molar-refractivity contribution < 1.29 is 9.30 Å². The second-order valence-electron chi connectivity index (χ2n) is 21.4. The van der Waals surface area contributed by atoms with Gasteiger partial charge in [-0.2, -0.15) is 0 Å². The molecular formula is C71H52N6O. The van der Waals surface area contributed by atoms with E-state index in [0.717, 1.165) is 83.6 Å². The van der Waals surface area contributed by atoms with E-state index >= 15 is 0 Å². The van der Waals surface area contributed by atoms with Gasteiger partial charge in [0.25, 0.3) is 6.33 Å². The Labute approximate surface area is 451 Å². The summed E-state index contributed by atoms with van der Waals surface area (Å²) in [5.41, 5.74) is 17.5. The monoisotopic (exact) mass is 1000 g/mol. The Hall–Kier alpha value is -9.98. The first kappa shape index (κ1) is 45.4. The Morgan fingerprint density at radius 2 is 1.05 bits per heavy atom. The summed E-state index contributed by atoms with van der Waals surface area (Å²) in [6, 6.07) is 84.3. The van der Waals surface area contributed by atoms with Crippen LogP contribution in [0.1, 0.15) is 26.3 Å². The Bertz CT molecular complexity index is 4800. The summed E-state index contributed by atoms with van der Waals surface area (Å²) in [5.74, 6) is 2.28. The minimum atomic E-state index is -0.113. The number of para-hydroxylation sites is 6. The first-order chi connectivity index (χ1) is 38.3. The molecule has 0 fully saturated rings. The van der Waals surface area contributed by atoms with Gasteiger partial charge in [-0.15, -0.1) is 0 Å². The molecule has 7 heteroatoms. The molecule has 0 saturated carbocycles. The molecule has 0 amide bonds. The highest BCUT2D eigenvalue weighted by molar-refractivity contribution is 6.40. The maximum Gasteiger partial charge on any atom is 0.269 e. The van der Waals surface area contributed by atoms with Crippen LogP contribution in [0.5, 0.6) is 11.5 Å². The van der Waals surface area contributed by atoms with Gasteiger partial charge in [0.1, 0.15) is 17.3 Å². The van der Waals surface area contributed by atoms with Gasteiger partial charge >= 0.3 is 0 Å². The SMILES string of the molecule is Cn1c2ccccc2c2c1c1c(c3ccc(Oc4cccc(-[n+]5[c-]n(-c6c(-c7ccccc7)cccc6-c6ccccc6)c6ccccc65)c4)cc3n1-c1cc(C(C)(C)C)ccn1)c1c3ccccc3n(-c3ccccc3)c12. The molecule has 15 aromatic rings. The maximum atomic E-state index is 7.07. The van der Waals surface area contributed by atoms with E-state index in [1.165, 1.54) is 43.5 Å². The number of benzene rings is 10. The summed E-state index contributed by atoms with van der Waals surface area (Å²) in [5, 5.41) is 7.10. The third kappa shape index (κ3) is 6.98. The molecule has 5 heterocycles. The zero-order valence-electron chi connectivity index (χ0n) is 43.7. The van der Waals surface area contributed by atoms with Crippen molar-refractivity contribution in [2.24, 2.45) is 7.05 Å². The predicted molar refractivity (Wildman–Crippen MR) is 320 cm³/mol. The number of hydrogen-bond donors (Lipinski definition) is 0. The molecule has 7 nitrogen and oxygen atoms in total. The van der Waals surface area contributed by atoms with E-state index in [4.69, 9.17) is 9.72 Å². The molecule has 0 aliphatic rings. The van der Waals surface area contributed by atoms with Gasteiger partial charge in [-0.1, -0.05) is 185 Å². The highest BCUT2D eigenvalue weighted by atomic mass is 16.5. The summed E-state index contributed by atoms with van der Waals surface area (Å²) in [7, 11) is 2.21. The summed E-state index contributed by atoms with van der Waals surface area (Å²) >= 11 is 0. The molecule has 372 valence electrons. The molecule has 0 saturated heterocycles. The van der Waals surface area contributed by atoms with E-state index in [-0.39, 0.29) is 5.41 Å². The molecular weight excluding hydrogens is 953 g/mol. The van der Waals surface area contributed by atoms with Crippen LogP contribution in [0, 0.1) is 6.33 Å². The van der Waals surface area contributed by atoms with Crippen LogP contribution in [0.25, 0.3) is 122 Å². The first-order valence-electron chi connectivity index (χ1n) is 26.7. The van der Waals surface area contributed by atoms with Gasteiger partial charge < -0.3 is 13.9 Å². The fourth-order valence-corrected chi connectivity index (χ4v) is 12.3. The van der Waals surface area contributed by atoms with E-state index in [2.05, 4.69) is 288 Å². The minimum Gasteiger partial charge on any atom is -0.458 e. The molecule has 15 rings (SSSR count). The van der Waals surface area contributed by atoms with E-state index in [0.29, 0.717) is 11.5 Å². The normalized spacial score (nSPS) is 12.1. The zero-order valence-corrected chi connectivity index (χ0v) is 43.7. The Kier molecular flexibility index (Phi) is 10.2. The molecule has 0 unspecified atom stereocenters. The Morgan fingerprint density at radius 1 is 0.462 bits per heavy atom. The number of imidazole rings is 1. The van der Waals surface area contributed by atoms with Crippen molar-refractivity contribution in [2.45, 2.75) is 26.2 Å². The van der Waals surface area contributed by atoms with Crippen molar-refractivity contribution in [1.29, 1.82) is 0 Å². The second-order valence-corrected chi connectivity index (χ2v) is 21.4. The molecule has 0 radical (unpaired) electrons. The lowest BCUT2D eigenvalue weighted by atomic mass is 9.88. The fraction of sp³-hybridized carbons (Fsp3) is 0.0704. The third-order valence-electron chi connectivity index (χ3n) is 15.8. The molecule has 0 aliphatic carbocycles. The lowest BCUT2D eigenvalue weighted by molar-refractivity contribution is -0.572. The highest BCUT2D eigenvalue weighted by Crippen LogP contribution is 2.50. The van der Waals surface area contributed by atoms with Gasteiger partial charge in [-0.05, 0) is 100.0 Å². The third-order valence-corrected chi connectivity index (χ3v) is 15.8. The van der Waals surface area contributed by atoms with Crippen molar-refractivity contribution in [3.63, 3.8) is 0 Å². The summed E-state index contributed by atoms with van der Waals surface area (Å²) in [6.45, 7) is 6.80. The van der Waals surface area contributed by atoms with Crippen LogP contribution in [0.2, 0.25) is 0 Å². The Morgan fingerprint density at radius 3 is 1.77 bits per heavy atom. The average Bonchev–Trinajstić information content (AvgIpc) is 3.88. The van der Waals surface area contributed by atoms with Crippen LogP contribution in [0.4, 0.5) is 0 Å². The van der Waals surface area contributed by atoms with Crippen molar-refractivity contribution in [1.82, 2.24) is 23.3 Å². The summed E-state index contributed by atoms with van der Waals surface area (Å²) in [6.07, 6.45) is 5.81. The molecule has 0 bridgehead atoms. The topological polar surface area (TPSA) is 45.7 Å². The largest absolute Gasteiger partial charge is 0.458 e. The standard InChI is InChI=1S/C71H52N6O/c1-71(2,3)48-40-41-72-63(42-48)77-62-44-52(38-39-57(62)65-64-56-31-15-17-35-59(56)76(49-26-12-7-13-27-49)68(64)66-55-30-14-16-34-58(55)73(4)69(66)70(65)77)78-51-29-20-28-50(43-51)74-45-75(61-37-19-18-36-60(61)74)67-53(46-22-8-5-9-23-46)32-21-33-54(67)47-24-10-6-11-25-47/h5-44H,1-4H3. The number of ether oxygens (including phenoxy) is 1. The van der Waals surface area contributed by atoms with Crippen molar-refractivity contribution in [3.8, 4) is 56.6 Å². The Balaban J connectivity index is 0.955.